The Balaban J connectivity index is 1.62. The highest BCUT2D eigenvalue weighted by molar-refractivity contribution is 8.00. The van der Waals surface area contributed by atoms with Crippen LogP contribution in [0, 0.1) is 0 Å². The van der Waals surface area contributed by atoms with Crippen LogP contribution >= 0.6 is 11.8 Å². The standard InChI is InChI=1S/C18H25N3OS/c1-2-8-21-15-6-4-3-5-14(15)19-18(21)12-20-9-11-23-17-13-22-10-7-16(17)20/h3-6,16-17H,2,7-13H2,1H3/t16-,17+/m0/s1. The first-order chi connectivity index (χ1) is 11.4. The number of benzene rings is 1. The lowest BCUT2D eigenvalue weighted by molar-refractivity contribution is 0.0339. The van der Waals surface area contributed by atoms with Crippen LogP contribution in [0.1, 0.15) is 25.6 Å². The summed E-state index contributed by atoms with van der Waals surface area (Å²) >= 11 is 2.09. The third-order valence-electron chi connectivity index (χ3n) is 4.97. The van der Waals surface area contributed by atoms with Crippen LogP contribution in [0.2, 0.25) is 0 Å². The Labute approximate surface area is 142 Å². The predicted octanol–water partition coefficient (Wildman–Crippen LogP) is 3.15. The van der Waals surface area contributed by atoms with Crippen LogP contribution < -0.4 is 0 Å². The van der Waals surface area contributed by atoms with Gasteiger partial charge in [-0.25, -0.2) is 4.98 Å². The van der Waals surface area contributed by atoms with E-state index in [0.29, 0.717) is 11.3 Å². The molecule has 2 aliphatic rings. The van der Waals surface area contributed by atoms with Crippen LogP contribution in [0.5, 0.6) is 0 Å². The monoisotopic (exact) mass is 331 g/mol. The fraction of sp³-hybridized carbons (Fsp3) is 0.611. The summed E-state index contributed by atoms with van der Waals surface area (Å²) in [6.07, 6.45) is 2.30. The highest BCUT2D eigenvalue weighted by Crippen LogP contribution is 2.31. The molecule has 1 aromatic carbocycles. The van der Waals surface area contributed by atoms with Crippen molar-refractivity contribution in [2.45, 2.75) is 44.1 Å². The summed E-state index contributed by atoms with van der Waals surface area (Å²) in [6, 6.07) is 9.18. The molecular formula is C18H25N3OS. The van der Waals surface area contributed by atoms with Gasteiger partial charge in [0.05, 0.1) is 24.2 Å². The van der Waals surface area contributed by atoms with E-state index in [1.54, 1.807) is 0 Å². The normalized spacial score (nSPS) is 25.6. The molecule has 4 nitrogen and oxygen atoms in total. The largest absolute Gasteiger partial charge is 0.380 e. The van der Waals surface area contributed by atoms with Gasteiger partial charge in [0.2, 0.25) is 0 Å². The van der Waals surface area contributed by atoms with Gasteiger partial charge in [-0.1, -0.05) is 19.1 Å². The number of rotatable bonds is 4. The molecule has 0 amide bonds. The minimum atomic E-state index is 0.640. The first kappa shape index (κ1) is 15.5. The molecule has 2 aliphatic heterocycles. The van der Waals surface area contributed by atoms with Gasteiger partial charge < -0.3 is 9.30 Å². The van der Waals surface area contributed by atoms with Crippen molar-refractivity contribution in [2.24, 2.45) is 0 Å². The van der Waals surface area contributed by atoms with Crippen molar-refractivity contribution in [2.75, 3.05) is 25.5 Å². The van der Waals surface area contributed by atoms with Crippen LogP contribution in [-0.2, 0) is 17.8 Å². The van der Waals surface area contributed by atoms with Crippen LogP contribution in [0.15, 0.2) is 24.3 Å². The van der Waals surface area contributed by atoms with Crippen molar-refractivity contribution >= 4 is 22.8 Å². The number of thioether (sulfide) groups is 1. The van der Waals surface area contributed by atoms with Gasteiger partial charge in [0.15, 0.2) is 0 Å². The number of imidazole rings is 1. The van der Waals surface area contributed by atoms with E-state index < -0.39 is 0 Å². The maximum Gasteiger partial charge on any atom is 0.124 e. The van der Waals surface area contributed by atoms with Crippen LogP contribution in [0.25, 0.3) is 11.0 Å². The Morgan fingerprint density at radius 1 is 1.35 bits per heavy atom. The molecule has 0 saturated carbocycles. The summed E-state index contributed by atoms with van der Waals surface area (Å²) in [5.74, 6) is 2.43. The SMILES string of the molecule is CCCn1c(CN2CCS[C@@H]3COCC[C@@H]32)nc2ccccc21. The second-order valence-corrected chi connectivity index (χ2v) is 7.83. The molecule has 2 saturated heterocycles. The third kappa shape index (κ3) is 3.02. The second-order valence-electron chi connectivity index (χ2n) is 6.48. The summed E-state index contributed by atoms with van der Waals surface area (Å²) in [7, 11) is 0. The van der Waals surface area contributed by atoms with E-state index in [1.165, 1.54) is 23.6 Å². The van der Waals surface area contributed by atoms with E-state index >= 15 is 0 Å². The molecule has 23 heavy (non-hydrogen) atoms. The van der Waals surface area contributed by atoms with E-state index in [9.17, 15) is 0 Å². The summed E-state index contributed by atoms with van der Waals surface area (Å²) in [4.78, 5) is 7.60. The Bertz CT molecular complexity index is 669. The molecule has 2 atom stereocenters. The first-order valence-electron chi connectivity index (χ1n) is 8.74. The van der Waals surface area contributed by atoms with Crippen molar-refractivity contribution < 1.29 is 4.74 Å². The highest BCUT2D eigenvalue weighted by Gasteiger charge is 2.35. The third-order valence-corrected chi connectivity index (χ3v) is 6.27. The molecule has 4 rings (SSSR count). The fourth-order valence-electron chi connectivity index (χ4n) is 3.86. The van der Waals surface area contributed by atoms with Gasteiger partial charge in [-0.05, 0) is 25.0 Å². The quantitative estimate of drug-likeness (QED) is 0.861. The maximum absolute atomic E-state index is 5.68. The number of aromatic nitrogens is 2. The highest BCUT2D eigenvalue weighted by atomic mass is 32.2. The van der Waals surface area contributed by atoms with Crippen molar-refractivity contribution in [3.63, 3.8) is 0 Å². The van der Waals surface area contributed by atoms with Crippen molar-refractivity contribution in [1.29, 1.82) is 0 Å². The molecule has 1 aromatic heterocycles. The van der Waals surface area contributed by atoms with Gasteiger partial charge in [-0.15, -0.1) is 0 Å². The number of nitrogens with zero attached hydrogens (tertiary/aromatic N) is 3. The molecule has 0 bridgehead atoms. The summed E-state index contributed by atoms with van der Waals surface area (Å²) in [5.41, 5.74) is 2.41. The number of fused-ring (bicyclic) bond motifs is 2. The Morgan fingerprint density at radius 3 is 3.17 bits per heavy atom. The maximum atomic E-state index is 5.68. The van der Waals surface area contributed by atoms with Crippen LogP contribution in [0.4, 0.5) is 0 Å². The molecule has 2 fully saturated rings. The lowest BCUT2D eigenvalue weighted by Gasteiger charge is -2.43. The average molecular weight is 331 g/mol. The number of aryl methyl sites for hydroxylation is 1. The van der Waals surface area contributed by atoms with Crippen molar-refractivity contribution in [1.82, 2.24) is 14.5 Å². The minimum absolute atomic E-state index is 0.640. The molecule has 5 heteroatoms. The van der Waals surface area contributed by atoms with E-state index in [-0.39, 0.29) is 0 Å². The second kappa shape index (κ2) is 6.83. The van der Waals surface area contributed by atoms with E-state index in [0.717, 1.165) is 44.7 Å². The Kier molecular flexibility index (Phi) is 4.60. The van der Waals surface area contributed by atoms with Gasteiger partial charge in [0.1, 0.15) is 5.82 Å². The first-order valence-corrected chi connectivity index (χ1v) is 9.79. The Hall–Kier alpha value is -1.04. The molecule has 0 radical (unpaired) electrons. The van der Waals surface area contributed by atoms with Gasteiger partial charge >= 0.3 is 0 Å². The topological polar surface area (TPSA) is 30.3 Å². The van der Waals surface area contributed by atoms with E-state index in [4.69, 9.17) is 9.72 Å². The zero-order valence-electron chi connectivity index (χ0n) is 13.8. The molecule has 124 valence electrons. The lowest BCUT2D eigenvalue weighted by Crippen LogP contribution is -2.51. The summed E-state index contributed by atoms with van der Waals surface area (Å²) in [5, 5.41) is 0.640. The zero-order chi connectivity index (χ0) is 15.6. The zero-order valence-corrected chi connectivity index (χ0v) is 14.6. The lowest BCUT2D eigenvalue weighted by atomic mass is 10.1. The molecule has 0 unspecified atom stereocenters. The number of hydrogen-bond donors (Lipinski definition) is 0. The van der Waals surface area contributed by atoms with Gasteiger partial charge in [0, 0.05) is 36.7 Å². The molecular weight excluding hydrogens is 306 g/mol. The number of ether oxygens (including phenoxy) is 1. The van der Waals surface area contributed by atoms with Crippen LogP contribution in [0.3, 0.4) is 0 Å². The fourth-order valence-corrected chi connectivity index (χ4v) is 5.23. The van der Waals surface area contributed by atoms with E-state index in [1.807, 2.05) is 0 Å². The summed E-state index contributed by atoms with van der Waals surface area (Å²) in [6.45, 7) is 7.25. The predicted molar refractivity (Wildman–Crippen MR) is 95.9 cm³/mol. The van der Waals surface area contributed by atoms with Crippen molar-refractivity contribution in [3.8, 4) is 0 Å². The van der Waals surface area contributed by atoms with Gasteiger partial charge in [-0.2, -0.15) is 11.8 Å². The molecule has 0 N–H and O–H groups in total. The summed E-state index contributed by atoms with van der Waals surface area (Å²) < 4.78 is 8.10. The molecule has 0 spiro atoms. The van der Waals surface area contributed by atoms with E-state index in [2.05, 4.69) is 52.4 Å². The molecule has 3 heterocycles. The molecule has 0 aliphatic carbocycles. The minimum Gasteiger partial charge on any atom is -0.380 e. The Morgan fingerprint density at radius 2 is 2.26 bits per heavy atom. The number of hydrogen-bond acceptors (Lipinski definition) is 4. The van der Waals surface area contributed by atoms with Gasteiger partial charge in [-0.3, -0.25) is 4.90 Å². The van der Waals surface area contributed by atoms with Gasteiger partial charge in [0.25, 0.3) is 0 Å². The smallest absolute Gasteiger partial charge is 0.124 e. The molecule has 2 aromatic rings. The van der Waals surface area contributed by atoms with Crippen LogP contribution in [-0.4, -0.2) is 51.3 Å². The number of para-hydroxylation sites is 2. The average Bonchev–Trinajstić information content (AvgIpc) is 2.93. The van der Waals surface area contributed by atoms with Crippen molar-refractivity contribution in [3.05, 3.63) is 30.1 Å².